The van der Waals surface area contributed by atoms with E-state index in [0.29, 0.717) is 16.9 Å². The molecule has 0 saturated heterocycles. The average Bonchev–Trinajstić information content (AvgIpc) is 2.75. The van der Waals surface area contributed by atoms with Gasteiger partial charge in [-0.2, -0.15) is 0 Å². The predicted octanol–water partition coefficient (Wildman–Crippen LogP) is 4.16. The SMILES string of the molecule is Fc1ccc2nc(-c3cccc(Cl)c3F)[nH]c2c1. The quantitative estimate of drug-likeness (QED) is 0.702. The van der Waals surface area contributed by atoms with Crippen molar-refractivity contribution in [2.24, 2.45) is 0 Å². The highest BCUT2D eigenvalue weighted by Gasteiger charge is 2.12. The summed E-state index contributed by atoms with van der Waals surface area (Å²) in [5.41, 5.74) is 1.36. The first-order valence-electron chi connectivity index (χ1n) is 5.25. The molecule has 3 aromatic rings. The average molecular weight is 265 g/mol. The molecule has 1 N–H and O–H groups in total. The number of fused-ring (bicyclic) bond motifs is 1. The maximum Gasteiger partial charge on any atom is 0.152 e. The molecule has 1 heterocycles. The van der Waals surface area contributed by atoms with Crippen LogP contribution in [-0.4, -0.2) is 9.97 Å². The summed E-state index contributed by atoms with van der Waals surface area (Å²) in [6, 6.07) is 8.81. The number of benzene rings is 2. The standard InChI is InChI=1S/C13H7ClF2N2/c14-9-3-1-2-8(12(9)16)13-17-10-5-4-7(15)6-11(10)18-13/h1-6H,(H,17,18). The number of aromatic amines is 1. The zero-order chi connectivity index (χ0) is 12.7. The predicted molar refractivity (Wildman–Crippen MR) is 66.5 cm³/mol. The molecule has 5 heteroatoms. The van der Waals surface area contributed by atoms with Crippen molar-refractivity contribution in [1.29, 1.82) is 0 Å². The van der Waals surface area contributed by atoms with Crippen molar-refractivity contribution < 1.29 is 8.78 Å². The second-order valence-corrected chi connectivity index (χ2v) is 4.26. The highest BCUT2D eigenvalue weighted by Crippen LogP contribution is 2.27. The van der Waals surface area contributed by atoms with Crippen molar-refractivity contribution in [3.05, 3.63) is 53.1 Å². The number of aromatic nitrogens is 2. The fourth-order valence-corrected chi connectivity index (χ4v) is 1.97. The number of hydrogen-bond acceptors (Lipinski definition) is 1. The van der Waals surface area contributed by atoms with Gasteiger partial charge < -0.3 is 4.98 Å². The van der Waals surface area contributed by atoms with E-state index < -0.39 is 5.82 Å². The number of rotatable bonds is 1. The normalized spacial score (nSPS) is 11.1. The van der Waals surface area contributed by atoms with Crippen molar-refractivity contribution in [1.82, 2.24) is 9.97 Å². The van der Waals surface area contributed by atoms with Gasteiger partial charge in [0.05, 0.1) is 21.6 Å². The van der Waals surface area contributed by atoms with E-state index in [0.717, 1.165) is 0 Å². The smallest absolute Gasteiger partial charge is 0.152 e. The third kappa shape index (κ3) is 1.75. The Morgan fingerprint density at radius 3 is 2.78 bits per heavy atom. The van der Waals surface area contributed by atoms with Crippen LogP contribution in [0.2, 0.25) is 5.02 Å². The fraction of sp³-hybridized carbons (Fsp3) is 0. The van der Waals surface area contributed by atoms with E-state index in [4.69, 9.17) is 11.6 Å². The summed E-state index contributed by atoms with van der Waals surface area (Å²) in [7, 11) is 0. The Hall–Kier alpha value is -1.94. The van der Waals surface area contributed by atoms with E-state index in [9.17, 15) is 8.78 Å². The number of hydrogen-bond donors (Lipinski definition) is 1. The Balaban J connectivity index is 2.22. The van der Waals surface area contributed by atoms with Crippen molar-refractivity contribution in [3.63, 3.8) is 0 Å². The van der Waals surface area contributed by atoms with Gasteiger partial charge in [0.1, 0.15) is 11.6 Å². The lowest BCUT2D eigenvalue weighted by molar-refractivity contribution is 0.629. The number of nitrogens with zero attached hydrogens (tertiary/aromatic N) is 1. The first kappa shape index (κ1) is 11.2. The van der Waals surface area contributed by atoms with E-state index in [1.165, 1.54) is 24.3 Å². The molecule has 0 atom stereocenters. The van der Waals surface area contributed by atoms with Gasteiger partial charge in [0.2, 0.25) is 0 Å². The van der Waals surface area contributed by atoms with E-state index in [1.807, 2.05) is 0 Å². The highest BCUT2D eigenvalue weighted by atomic mass is 35.5. The third-order valence-corrected chi connectivity index (χ3v) is 2.94. The topological polar surface area (TPSA) is 28.7 Å². The molecule has 0 radical (unpaired) electrons. The number of imidazole rings is 1. The minimum Gasteiger partial charge on any atom is -0.338 e. The van der Waals surface area contributed by atoms with Crippen molar-refractivity contribution in [2.45, 2.75) is 0 Å². The summed E-state index contributed by atoms with van der Waals surface area (Å²) in [6.07, 6.45) is 0. The van der Waals surface area contributed by atoms with Crippen LogP contribution >= 0.6 is 11.6 Å². The van der Waals surface area contributed by atoms with Crippen LogP contribution in [0.1, 0.15) is 0 Å². The molecule has 2 nitrogen and oxygen atoms in total. The van der Waals surface area contributed by atoms with Crippen LogP contribution in [0.4, 0.5) is 8.78 Å². The monoisotopic (exact) mass is 264 g/mol. The lowest BCUT2D eigenvalue weighted by atomic mass is 10.2. The van der Waals surface area contributed by atoms with Gasteiger partial charge in [-0.3, -0.25) is 0 Å². The molecule has 1 aromatic heterocycles. The van der Waals surface area contributed by atoms with Gasteiger partial charge in [-0.1, -0.05) is 17.7 Å². The molecule has 18 heavy (non-hydrogen) atoms. The van der Waals surface area contributed by atoms with E-state index >= 15 is 0 Å². The second kappa shape index (κ2) is 4.07. The van der Waals surface area contributed by atoms with Gasteiger partial charge in [0.15, 0.2) is 5.82 Å². The van der Waals surface area contributed by atoms with Gasteiger partial charge in [0.25, 0.3) is 0 Å². The molecule has 0 aliphatic rings. The first-order chi connectivity index (χ1) is 8.65. The Labute approximate surface area is 106 Å². The number of nitrogens with one attached hydrogen (secondary N) is 1. The molecule has 0 saturated carbocycles. The van der Waals surface area contributed by atoms with Crippen LogP contribution in [0.25, 0.3) is 22.4 Å². The Bertz CT molecular complexity index is 737. The molecule has 0 unspecified atom stereocenters. The van der Waals surface area contributed by atoms with Crippen LogP contribution in [0.15, 0.2) is 36.4 Å². The van der Waals surface area contributed by atoms with Crippen molar-refractivity contribution >= 4 is 22.6 Å². The minimum absolute atomic E-state index is 0.0270. The summed E-state index contributed by atoms with van der Waals surface area (Å²) >= 11 is 5.71. The van der Waals surface area contributed by atoms with Gasteiger partial charge in [-0.25, -0.2) is 13.8 Å². The maximum absolute atomic E-state index is 13.8. The lowest BCUT2D eigenvalue weighted by Crippen LogP contribution is -1.86. The maximum atomic E-state index is 13.8. The molecule has 3 rings (SSSR count). The molecular formula is C13H7ClF2N2. The summed E-state index contributed by atoms with van der Waals surface area (Å²) in [6.45, 7) is 0. The summed E-state index contributed by atoms with van der Waals surface area (Å²) < 4.78 is 26.9. The minimum atomic E-state index is -0.543. The highest BCUT2D eigenvalue weighted by molar-refractivity contribution is 6.31. The van der Waals surface area contributed by atoms with E-state index in [-0.39, 0.29) is 16.4 Å². The van der Waals surface area contributed by atoms with Crippen LogP contribution in [0, 0.1) is 11.6 Å². The molecule has 0 aliphatic carbocycles. The van der Waals surface area contributed by atoms with Gasteiger partial charge in [-0.15, -0.1) is 0 Å². The van der Waals surface area contributed by atoms with Crippen molar-refractivity contribution in [3.8, 4) is 11.4 Å². The molecule has 0 fully saturated rings. The van der Waals surface area contributed by atoms with E-state index in [2.05, 4.69) is 9.97 Å². The fourth-order valence-electron chi connectivity index (χ4n) is 1.80. The summed E-state index contributed by atoms with van der Waals surface area (Å²) in [5.74, 6) is -0.585. The largest absolute Gasteiger partial charge is 0.338 e. The Kier molecular flexibility index (Phi) is 2.52. The lowest BCUT2D eigenvalue weighted by Gasteiger charge is -2.00. The van der Waals surface area contributed by atoms with Crippen LogP contribution in [-0.2, 0) is 0 Å². The third-order valence-electron chi connectivity index (χ3n) is 2.65. The summed E-state index contributed by atoms with van der Waals surface area (Å²) in [4.78, 5) is 7.08. The molecule has 0 spiro atoms. The summed E-state index contributed by atoms with van der Waals surface area (Å²) in [5, 5.41) is 0.0270. The van der Waals surface area contributed by atoms with E-state index in [1.54, 1.807) is 12.1 Å². The molecule has 0 aliphatic heterocycles. The molecule has 0 amide bonds. The second-order valence-electron chi connectivity index (χ2n) is 3.85. The zero-order valence-corrected chi connectivity index (χ0v) is 9.80. The molecular weight excluding hydrogens is 258 g/mol. The van der Waals surface area contributed by atoms with Crippen LogP contribution in [0.5, 0.6) is 0 Å². The number of H-pyrrole nitrogens is 1. The first-order valence-corrected chi connectivity index (χ1v) is 5.62. The zero-order valence-electron chi connectivity index (χ0n) is 9.05. The van der Waals surface area contributed by atoms with Crippen LogP contribution in [0.3, 0.4) is 0 Å². The van der Waals surface area contributed by atoms with Gasteiger partial charge >= 0.3 is 0 Å². The molecule has 0 bridgehead atoms. The Morgan fingerprint density at radius 2 is 1.94 bits per heavy atom. The molecule has 90 valence electrons. The van der Waals surface area contributed by atoms with Gasteiger partial charge in [-0.05, 0) is 30.3 Å². The van der Waals surface area contributed by atoms with Crippen molar-refractivity contribution in [2.75, 3.05) is 0 Å². The van der Waals surface area contributed by atoms with Crippen LogP contribution < -0.4 is 0 Å². The number of halogens is 3. The molecule has 2 aromatic carbocycles. The Morgan fingerprint density at radius 1 is 1.11 bits per heavy atom. The van der Waals surface area contributed by atoms with Gasteiger partial charge in [0, 0.05) is 0 Å².